The second-order valence-corrected chi connectivity index (χ2v) is 7.60. The van der Waals surface area contributed by atoms with Gasteiger partial charge in [0.25, 0.3) is 11.8 Å². The highest BCUT2D eigenvalue weighted by molar-refractivity contribution is 8.03. The van der Waals surface area contributed by atoms with Gasteiger partial charge in [-0.2, -0.15) is 0 Å². The monoisotopic (exact) mass is 349 g/mol. The number of rotatable bonds is 3. The van der Waals surface area contributed by atoms with Gasteiger partial charge in [0.1, 0.15) is 0 Å². The maximum absolute atomic E-state index is 13.0. The molecular formula is C21H19NO2S. The van der Waals surface area contributed by atoms with Gasteiger partial charge in [-0.3, -0.25) is 14.5 Å². The molecule has 2 aromatic rings. The Bertz CT molecular complexity index is 829. The van der Waals surface area contributed by atoms with Crippen LogP contribution in [0.25, 0.3) is 0 Å². The summed E-state index contributed by atoms with van der Waals surface area (Å²) in [5.74, 6) is -0.103. The molecule has 0 N–H and O–H groups in total. The summed E-state index contributed by atoms with van der Waals surface area (Å²) in [6.07, 6.45) is 2.98. The minimum absolute atomic E-state index is 0.100. The molecule has 4 heteroatoms. The van der Waals surface area contributed by atoms with Crippen molar-refractivity contribution in [3.63, 3.8) is 0 Å². The quantitative estimate of drug-likeness (QED) is 0.765. The van der Waals surface area contributed by atoms with Gasteiger partial charge in [0, 0.05) is 28.5 Å². The lowest BCUT2D eigenvalue weighted by Gasteiger charge is -2.20. The smallest absolute Gasteiger partial charge is 0.260 e. The fourth-order valence-corrected chi connectivity index (χ4v) is 4.78. The Labute approximate surface area is 151 Å². The van der Waals surface area contributed by atoms with E-state index in [1.54, 1.807) is 23.9 Å². The summed E-state index contributed by atoms with van der Waals surface area (Å²) < 4.78 is 0. The molecule has 25 heavy (non-hydrogen) atoms. The molecule has 4 rings (SSSR count). The second kappa shape index (κ2) is 6.89. The number of hydrogen-bond donors (Lipinski definition) is 0. The third kappa shape index (κ3) is 3.14. The van der Waals surface area contributed by atoms with E-state index in [1.807, 2.05) is 36.4 Å². The van der Waals surface area contributed by atoms with Crippen LogP contribution in [0.3, 0.4) is 0 Å². The molecular weight excluding hydrogens is 330 g/mol. The lowest BCUT2D eigenvalue weighted by atomic mass is 9.90. The number of thioether (sulfide) groups is 1. The molecule has 1 aliphatic heterocycles. The molecule has 0 aromatic heterocycles. The summed E-state index contributed by atoms with van der Waals surface area (Å²) >= 11 is 1.68. The van der Waals surface area contributed by atoms with E-state index < -0.39 is 0 Å². The molecule has 0 bridgehead atoms. The molecule has 0 saturated carbocycles. The van der Waals surface area contributed by atoms with Gasteiger partial charge >= 0.3 is 0 Å². The molecule has 1 aliphatic carbocycles. The highest BCUT2D eigenvalue weighted by atomic mass is 32.2. The first-order chi connectivity index (χ1) is 12.2. The van der Waals surface area contributed by atoms with Gasteiger partial charge < -0.3 is 0 Å². The van der Waals surface area contributed by atoms with Crippen LogP contribution >= 0.6 is 11.8 Å². The van der Waals surface area contributed by atoms with E-state index in [9.17, 15) is 9.59 Å². The number of carbonyl (C=O) groups excluding carboxylic acids is 2. The van der Waals surface area contributed by atoms with E-state index in [-0.39, 0.29) is 17.7 Å². The maximum Gasteiger partial charge on any atom is 0.260 e. The molecule has 1 saturated heterocycles. The summed E-state index contributed by atoms with van der Waals surface area (Å²) in [7, 11) is 0. The Balaban J connectivity index is 1.63. The Morgan fingerprint density at radius 1 is 1.00 bits per heavy atom. The predicted octanol–water partition coefficient (Wildman–Crippen LogP) is 4.52. The normalized spacial score (nSPS) is 19.9. The van der Waals surface area contributed by atoms with Crippen molar-refractivity contribution in [1.82, 2.24) is 4.90 Å². The van der Waals surface area contributed by atoms with Crippen molar-refractivity contribution in [3.8, 4) is 0 Å². The Morgan fingerprint density at radius 2 is 1.68 bits per heavy atom. The van der Waals surface area contributed by atoms with Gasteiger partial charge in [-0.1, -0.05) is 48.2 Å². The molecule has 0 radical (unpaired) electrons. The van der Waals surface area contributed by atoms with Gasteiger partial charge in [0.05, 0.1) is 0 Å². The third-order valence-corrected chi connectivity index (χ3v) is 5.97. The van der Waals surface area contributed by atoms with Crippen molar-refractivity contribution in [1.29, 1.82) is 0 Å². The first kappa shape index (κ1) is 16.2. The van der Waals surface area contributed by atoms with Crippen molar-refractivity contribution < 1.29 is 9.59 Å². The average molecular weight is 349 g/mol. The number of amides is 2. The molecule has 2 amide bonds. The van der Waals surface area contributed by atoms with E-state index in [0.717, 1.165) is 34.6 Å². The summed E-state index contributed by atoms with van der Waals surface area (Å²) in [6.45, 7) is 0.515. The minimum atomic E-state index is -0.184. The zero-order chi connectivity index (χ0) is 17.2. The molecule has 1 atom stereocenters. The van der Waals surface area contributed by atoms with Gasteiger partial charge in [0.2, 0.25) is 0 Å². The lowest BCUT2D eigenvalue weighted by molar-refractivity contribution is -0.122. The van der Waals surface area contributed by atoms with Crippen LogP contribution in [0.5, 0.6) is 0 Å². The number of carbonyl (C=O) groups is 2. The van der Waals surface area contributed by atoms with E-state index in [0.29, 0.717) is 12.1 Å². The number of benzene rings is 2. The van der Waals surface area contributed by atoms with Crippen LogP contribution in [0.2, 0.25) is 0 Å². The van der Waals surface area contributed by atoms with E-state index in [1.165, 1.54) is 4.90 Å². The van der Waals surface area contributed by atoms with Crippen molar-refractivity contribution in [3.05, 3.63) is 76.7 Å². The molecule has 2 aliphatic rings. The molecule has 0 unspecified atom stereocenters. The fourth-order valence-electron chi connectivity index (χ4n) is 3.59. The number of allylic oxidation sites excluding steroid dienone is 1. The van der Waals surface area contributed by atoms with Crippen molar-refractivity contribution in [2.24, 2.45) is 5.92 Å². The predicted molar refractivity (Wildman–Crippen MR) is 99.2 cm³/mol. The SMILES string of the molecule is O=C1C2=C(Sc3ccccc3)CCC[C@H]2CN1C(=O)c1ccccc1. The minimum Gasteiger partial charge on any atom is -0.274 e. The van der Waals surface area contributed by atoms with Crippen LogP contribution in [-0.4, -0.2) is 23.3 Å². The molecule has 3 nitrogen and oxygen atoms in total. The first-order valence-electron chi connectivity index (χ1n) is 8.61. The number of nitrogens with zero attached hydrogens (tertiary/aromatic N) is 1. The van der Waals surface area contributed by atoms with Gasteiger partial charge in [-0.25, -0.2) is 0 Å². The lowest BCUT2D eigenvalue weighted by Crippen LogP contribution is -2.32. The summed E-state index contributed by atoms with van der Waals surface area (Å²) in [5, 5.41) is 0. The zero-order valence-electron chi connectivity index (χ0n) is 13.9. The van der Waals surface area contributed by atoms with Gasteiger partial charge in [-0.05, 0) is 48.4 Å². The largest absolute Gasteiger partial charge is 0.274 e. The molecule has 126 valence electrons. The summed E-state index contributed by atoms with van der Waals surface area (Å²) in [4.78, 5) is 29.4. The topological polar surface area (TPSA) is 37.4 Å². The highest BCUT2D eigenvalue weighted by Crippen LogP contribution is 2.43. The van der Waals surface area contributed by atoms with Crippen LogP contribution in [0, 0.1) is 5.92 Å². The van der Waals surface area contributed by atoms with Crippen molar-refractivity contribution >= 4 is 23.6 Å². The van der Waals surface area contributed by atoms with Crippen LogP contribution in [0.15, 0.2) is 76.0 Å². The maximum atomic E-state index is 13.0. The standard InChI is InChI=1S/C21H19NO2S/c23-20(15-8-3-1-4-9-15)22-14-16-10-7-13-18(19(16)21(22)24)25-17-11-5-2-6-12-17/h1-6,8-9,11-12,16H,7,10,13-14H2/t16-/m0/s1. The van der Waals surface area contributed by atoms with Crippen LogP contribution < -0.4 is 0 Å². The van der Waals surface area contributed by atoms with Gasteiger partial charge in [-0.15, -0.1) is 0 Å². The number of likely N-dealkylation sites (tertiary alicyclic amines) is 1. The van der Waals surface area contributed by atoms with E-state index in [2.05, 4.69) is 12.1 Å². The molecule has 1 fully saturated rings. The molecule has 0 spiro atoms. The summed E-state index contributed by atoms with van der Waals surface area (Å²) in [6, 6.07) is 19.2. The Morgan fingerprint density at radius 3 is 2.40 bits per heavy atom. The second-order valence-electron chi connectivity index (χ2n) is 6.43. The third-order valence-electron chi connectivity index (χ3n) is 4.79. The van der Waals surface area contributed by atoms with Crippen LogP contribution in [0.1, 0.15) is 29.6 Å². The number of hydrogen-bond acceptors (Lipinski definition) is 3. The van der Waals surface area contributed by atoms with Crippen molar-refractivity contribution in [2.75, 3.05) is 6.54 Å². The number of fused-ring (bicyclic) bond motifs is 1. The fraction of sp³-hybridized carbons (Fsp3) is 0.238. The highest BCUT2D eigenvalue weighted by Gasteiger charge is 2.42. The molecule has 2 aromatic carbocycles. The van der Waals surface area contributed by atoms with Gasteiger partial charge in [0.15, 0.2) is 0 Å². The van der Waals surface area contributed by atoms with E-state index in [4.69, 9.17) is 0 Å². The van der Waals surface area contributed by atoms with Crippen LogP contribution in [-0.2, 0) is 4.79 Å². The Kier molecular flexibility index (Phi) is 4.45. The Hall–Kier alpha value is -2.33. The van der Waals surface area contributed by atoms with Crippen molar-refractivity contribution in [2.45, 2.75) is 24.2 Å². The van der Waals surface area contributed by atoms with E-state index >= 15 is 0 Å². The molecule has 1 heterocycles. The zero-order valence-corrected chi connectivity index (χ0v) is 14.7. The van der Waals surface area contributed by atoms with Crippen LogP contribution in [0.4, 0.5) is 0 Å². The first-order valence-corrected chi connectivity index (χ1v) is 9.43. The average Bonchev–Trinajstić information content (AvgIpc) is 3.00. The number of imide groups is 1. The summed E-state index contributed by atoms with van der Waals surface area (Å²) in [5.41, 5.74) is 1.44.